The van der Waals surface area contributed by atoms with E-state index >= 15 is 0 Å². The average Bonchev–Trinajstić information content (AvgIpc) is 3.30. The van der Waals surface area contributed by atoms with Gasteiger partial charge < -0.3 is 9.64 Å². The Balaban J connectivity index is 1.44. The predicted molar refractivity (Wildman–Crippen MR) is 126 cm³/mol. The zero-order valence-corrected chi connectivity index (χ0v) is 18.8. The summed E-state index contributed by atoms with van der Waals surface area (Å²) in [6.45, 7) is 1.63. The average molecular weight is 440 g/mol. The van der Waals surface area contributed by atoms with Gasteiger partial charge >= 0.3 is 0 Å². The Morgan fingerprint density at radius 2 is 1.97 bits per heavy atom. The maximum atomic E-state index is 9.20. The molecule has 0 unspecified atom stereocenters. The number of pyridine rings is 1. The van der Waals surface area contributed by atoms with Gasteiger partial charge in [-0.2, -0.15) is 10.4 Å². The van der Waals surface area contributed by atoms with Crippen molar-refractivity contribution in [3.8, 4) is 22.9 Å². The standard InChI is InChI=1S/C25H25N7O/c1-31-16-21(15-29-31)18-3-4-19(22(11-18)33-2)12-23-28-14-20-5-8-27-25(24(20)30-23)32-9-6-17(13-26)7-10-32/h3-5,8,11,14-17H,6-7,9-10,12H2,1-2H3. The number of hydrogen-bond donors (Lipinski definition) is 0. The number of aryl methyl sites for hydroxylation is 1. The first-order chi connectivity index (χ1) is 16.1. The minimum Gasteiger partial charge on any atom is -0.496 e. The van der Waals surface area contributed by atoms with E-state index in [1.54, 1.807) is 18.0 Å². The lowest BCUT2D eigenvalue weighted by Gasteiger charge is -2.30. The summed E-state index contributed by atoms with van der Waals surface area (Å²) in [4.78, 5) is 16.4. The monoisotopic (exact) mass is 439 g/mol. The molecule has 1 aliphatic heterocycles. The first-order valence-corrected chi connectivity index (χ1v) is 11.1. The fraction of sp³-hybridized carbons (Fsp3) is 0.320. The molecule has 0 atom stereocenters. The fourth-order valence-corrected chi connectivity index (χ4v) is 4.33. The molecule has 1 saturated heterocycles. The number of benzene rings is 1. The van der Waals surface area contributed by atoms with Crippen molar-refractivity contribution in [1.82, 2.24) is 24.7 Å². The Morgan fingerprint density at radius 3 is 2.70 bits per heavy atom. The van der Waals surface area contributed by atoms with Crippen LogP contribution in [0.5, 0.6) is 5.75 Å². The van der Waals surface area contributed by atoms with Crippen LogP contribution in [0.3, 0.4) is 0 Å². The second kappa shape index (κ2) is 8.87. The van der Waals surface area contributed by atoms with E-state index in [9.17, 15) is 5.26 Å². The smallest absolute Gasteiger partial charge is 0.155 e. The Hall–Kier alpha value is -3.99. The number of anilines is 1. The highest BCUT2D eigenvalue weighted by molar-refractivity contribution is 5.88. The summed E-state index contributed by atoms with van der Waals surface area (Å²) in [5.41, 5.74) is 3.96. The van der Waals surface area contributed by atoms with Crippen molar-refractivity contribution in [3.05, 3.63) is 60.4 Å². The van der Waals surface area contributed by atoms with E-state index in [1.807, 2.05) is 37.8 Å². The van der Waals surface area contributed by atoms with Crippen LogP contribution in [0.1, 0.15) is 24.2 Å². The van der Waals surface area contributed by atoms with Gasteiger partial charge in [0.05, 0.1) is 19.4 Å². The number of nitrogens with zero attached hydrogens (tertiary/aromatic N) is 7. The summed E-state index contributed by atoms with van der Waals surface area (Å²) in [5.74, 6) is 2.51. The first-order valence-electron chi connectivity index (χ1n) is 11.1. The van der Waals surface area contributed by atoms with E-state index in [0.29, 0.717) is 6.42 Å². The molecule has 0 N–H and O–H groups in total. The predicted octanol–water partition coefficient (Wildman–Crippen LogP) is 3.76. The third kappa shape index (κ3) is 4.22. The van der Waals surface area contributed by atoms with Gasteiger partial charge in [-0.25, -0.2) is 15.0 Å². The summed E-state index contributed by atoms with van der Waals surface area (Å²) in [5, 5.41) is 14.4. The topological polar surface area (TPSA) is 92.8 Å². The first kappa shape index (κ1) is 20.9. The van der Waals surface area contributed by atoms with Crippen LogP contribution in [0.25, 0.3) is 22.0 Å². The molecule has 5 rings (SSSR count). The Morgan fingerprint density at radius 1 is 1.12 bits per heavy atom. The molecule has 8 heteroatoms. The molecule has 0 saturated carbocycles. The van der Waals surface area contributed by atoms with Crippen molar-refractivity contribution >= 4 is 16.7 Å². The van der Waals surface area contributed by atoms with Crippen molar-refractivity contribution in [2.75, 3.05) is 25.1 Å². The molecule has 166 valence electrons. The number of nitriles is 1. The lowest BCUT2D eigenvalue weighted by molar-refractivity contribution is 0.410. The zero-order chi connectivity index (χ0) is 22.8. The molecule has 0 aliphatic carbocycles. The number of piperidine rings is 1. The van der Waals surface area contributed by atoms with Crippen molar-refractivity contribution < 1.29 is 4.74 Å². The Bertz CT molecular complexity index is 1330. The molecule has 4 aromatic rings. The van der Waals surface area contributed by atoms with Crippen LogP contribution in [0.4, 0.5) is 5.82 Å². The van der Waals surface area contributed by atoms with Crippen LogP contribution in [0, 0.1) is 17.2 Å². The molecule has 33 heavy (non-hydrogen) atoms. The molecule has 1 aromatic carbocycles. The van der Waals surface area contributed by atoms with E-state index in [4.69, 9.17) is 9.72 Å². The highest BCUT2D eigenvalue weighted by atomic mass is 16.5. The second-order valence-corrected chi connectivity index (χ2v) is 8.36. The highest BCUT2D eigenvalue weighted by Crippen LogP contribution is 2.30. The number of methoxy groups -OCH3 is 1. The molecule has 3 aromatic heterocycles. The molecule has 4 heterocycles. The zero-order valence-electron chi connectivity index (χ0n) is 18.8. The number of ether oxygens (including phenoxy) is 1. The summed E-state index contributed by atoms with van der Waals surface area (Å²) in [6.07, 6.45) is 9.75. The van der Waals surface area contributed by atoms with Gasteiger partial charge in [0.1, 0.15) is 17.1 Å². The lowest BCUT2D eigenvalue weighted by Crippen LogP contribution is -2.34. The Kier molecular flexibility index (Phi) is 5.61. The third-order valence-electron chi connectivity index (χ3n) is 6.18. The SMILES string of the molecule is COc1cc(-c2cnn(C)c2)ccc1Cc1ncc2ccnc(N3CCC(C#N)CC3)c2n1. The summed E-state index contributed by atoms with van der Waals surface area (Å²) in [7, 11) is 3.58. The maximum absolute atomic E-state index is 9.20. The van der Waals surface area contributed by atoms with Crippen LogP contribution in [0.2, 0.25) is 0 Å². The number of rotatable bonds is 5. The van der Waals surface area contributed by atoms with Crippen molar-refractivity contribution in [2.24, 2.45) is 13.0 Å². The number of fused-ring (bicyclic) bond motifs is 1. The molecule has 1 aliphatic rings. The van der Waals surface area contributed by atoms with Crippen LogP contribution in [-0.4, -0.2) is 44.9 Å². The molecular formula is C25H25N7O. The van der Waals surface area contributed by atoms with Gasteiger partial charge in [-0.15, -0.1) is 0 Å². The minimum absolute atomic E-state index is 0.128. The van der Waals surface area contributed by atoms with E-state index in [1.165, 1.54) is 0 Å². The van der Waals surface area contributed by atoms with Crippen LogP contribution in [-0.2, 0) is 13.5 Å². The van der Waals surface area contributed by atoms with Crippen molar-refractivity contribution in [3.63, 3.8) is 0 Å². The largest absolute Gasteiger partial charge is 0.496 e. The number of aromatic nitrogens is 5. The second-order valence-electron chi connectivity index (χ2n) is 8.36. The lowest BCUT2D eigenvalue weighted by atomic mass is 9.98. The maximum Gasteiger partial charge on any atom is 0.155 e. The van der Waals surface area contributed by atoms with Crippen LogP contribution >= 0.6 is 0 Å². The minimum atomic E-state index is 0.128. The van der Waals surface area contributed by atoms with Crippen LogP contribution in [0.15, 0.2) is 49.1 Å². The van der Waals surface area contributed by atoms with Gasteiger partial charge in [-0.1, -0.05) is 12.1 Å². The molecule has 0 spiro atoms. The summed E-state index contributed by atoms with van der Waals surface area (Å²) >= 11 is 0. The highest BCUT2D eigenvalue weighted by Gasteiger charge is 2.22. The van der Waals surface area contributed by atoms with Crippen molar-refractivity contribution in [1.29, 1.82) is 5.26 Å². The summed E-state index contributed by atoms with van der Waals surface area (Å²) < 4.78 is 7.47. The molecular weight excluding hydrogens is 414 g/mol. The molecule has 8 nitrogen and oxygen atoms in total. The molecule has 0 bridgehead atoms. The summed E-state index contributed by atoms with van der Waals surface area (Å²) in [6, 6.07) is 10.5. The van der Waals surface area contributed by atoms with Crippen molar-refractivity contribution in [2.45, 2.75) is 19.3 Å². The van der Waals surface area contributed by atoms with Crippen LogP contribution < -0.4 is 9.64 Å². The van der Waals surface area contributed by atoms with Gasteiger partial charge in [-0.05, 0) is 30.5 Å². The van der Waals surface area contributed by atoms with Gasteiger partial charge in [0.2, 0.25) is 0 Å². The quantitative estimate of drug-likeness (QED) is 0.467. The van der Waals surface area contributed by atoms with Gasteiger partial charge in [0.15, 0.2) is 5.82 Å². The normalized spacial score (nSPS) is 14.4. The molecule has 0 radical (unpaired) electrons. The van der Waals surface area contributed by atoms with E-state index in [2.05, 4.69) is 38.2 Å². The fourth-order valence-electron chi connectivity index (χ4n) is 4.33. The van der Waals surface area contributed by atoms with Gasteiger partial charge in [-0.3, -0.25) is 4.68 Å². The third-order valence-corrected chi connectivity index (χ3v) is 6.18. The van der Waals surface area contributed by atoms with Gasteiger partial charge in [0.25, 0.3) is 0 Å². The van der Waals surface area contributed by atoms with Gasteiger partial charge in [0, 0.05) is 67.6 Å². The van der Waals surface area contributed by atoms with E-state index in [0.717, 1.165) is 70.9 Å². The molecule has 1 fully saturated rings. The van der Waals surface area contributed by atoms with E-state index in [-0.39, 0.29) is 5.92 Å². The molecule has 0 amide bonds. The number of hydrogen-bond acceptors (Lipinski definition) is 7. The Labute approximate surface area is 192 Å². The van der Waals surface area contributed by atoms with E-state index < -0.39 is 0 Å².